The van der Waals surface area contributed by atoms with Gasteiger partial charge in [-0.3, -0.25) is 0 Å². The fraction of sp³-hybridized carbons (Fsp3) is 0.231. The Kier molecular flexibility index (Phi) is 4.57. The van der Waals surface area contributed by atoms with Gasteiger partial charge in [-0.05, 0) is 19.1 Å². The van der Waals surface area contributed by atoms with Crippen LogP contribution in [0, 0.1) is 5.82 Å². The summed E-state index contributed by atoms with van der Waals surface area (Å²) in [5.74, 6) is 0.851. The standard InChI is InChI=1S/C13H14ClFN4O/c1-3-16-13-17-7-9(14)12(19-13)18-11-6-8(20-2)4-5-10(11)15/h4-7H,3H2,1-2H3,(H2,16,17,18,19). The van der Waals surface area contributed by atoms with Gasteiger partial charge in [-0.25, -0.2) is 9.37 Å². The molecule has 2 rings (SSSR count). The van der Waals surface area contributed by atoms with Gasteiger partial charge in [0.2, 0.25) is 5.95 Å². The summed E-state index contributed by atoms with van der Waals surface area (Å²) in [6.07, 6.45) is 1.45. The summed E-state index contributed by atoms with van der Waals surface area (Å²) in [4.78, 5) is 8.19. The van der Waals surface area contributed by atoms with Crippen molar-refractivity contribution >= 4 is 29.1 Å². The quantitative estimate of drug-likeness (QED) is 0.885. The third-order valence-electron chi connectivity index (χ3n) is 2.51. The number of hydrogen-bond donors (Lipinski definition) is 2. The molecule has 0 aliphatic heterocycles. The molecule has 2 N–H and O–H groups in total. The highest BCUT2D eigenvalue weighted by atomic mass is 35.5. The smallest absolute Gasteiger partial charge is 0.224 e. The first-order valence-corrected chi connectivity index (χ1v) is 6.38. The normalized spacial score (nSPS) is 10.2. The second-order valence-electron chi connectivity index (χ2n) is 3.89. The molecule has 106 valence electrons. The lowest BCUT2D eigenvalue weighted by molar-refractivity contribution is 0.414. The van der Waals surface area contributed by atoms with Crippen LogP contribution in [0.2, 0.25) is 5.02 Å². The molecular formula is C13H14ClFN4O. The van der Waals surface area contributed by atoms with E-state index in [1.165, 1.54) is 31.5 Å². The molecule has 0 spiro atoms. The monoisotopic (exact) mass is 296 g/mol. The SMILES string of the molecule is CCNc1ncc(Cl)c(Nc2cc(OC)ccc2F)n1. The predicted molar refractivity (Wildman–Crippen MR) is 77.4 cm³/mol. The maximum absolute atomic E-state index is 13.8. The third-order valence-corrected chi connectivity index (χ3v) is 2.78. The topological polar surface area (TPSA) is 59.1 Å². The largest absolute Gasteiger partial charge is 0.497 e. The molecule has 0 aliphatic rings. The van der Waals surface area contributed by atoms with Crippen molar-refractivity contribution < 1.29 is 9.13 Å². The minimum atomic E-state index is -0.425. The van der Waals surface area contributed by atoms with E-state index in [1.807, 2.05) is 6.92 Å². The van der Waals surface area contributed by atoms with Crippen LogP contribution in [0.1, 0.15) is 6.92 Å². The van der Waals surface area contributed by atoms with Crippen LogP contribution in [0.3, 0.4) is 0 Å². The summed E-state index contributed by atoms with van der Waals surface area (Å²) in [5.41, 5.74) is 0.229. The Morgan fingerprint density at radius 2 is 2.20 bits per heavy atom. The highest BCUT2D eigenvalue weighted by Crippen LogP contribution is 2.27. The molecule has 1 heterocycles. The van der Waals surface area contributed by atoms with E-state index in [9.17, 15) is 4.39 Å². The lowest BCUT2D eigenvalue weighted by atomic mass is 10.3. The molecule has 7 heteroatoms. The predicted octanol–water partition coefficient (Wildman–Crippen LogP) is 3.45. The number of benzene rings is 1. The Morgan fingerprint density at radius 1 is 1.40 bits per heavy atom. The molecule has 0 fully saturated rings. The van der Waals surface area contributed by atoms with Crippen LogP contribution in [0.15, 0.2) is 24.4 Å². The zero-order valence-electron chi connectivity index (χ0n) is 11.1. The van der Waals surface area contributed by atoms with Gasteiger partial charge in [0.1, 0.15) is 16.6 Å². The molecule has 0 amide bonds. The van der Waals surface area contributed by atoms with Gasteiger partial charge in [0.25, 0.3) is 0 Å². The van der Waals surface area contributed by atoms with E-state index in [0.717, 1.165) is 0 Å². The van der Waals surface area contributed by atoms with Crippen LogP contribution in [-0.4, -0.2) is 23.6 Å². The second-order valence-corrected chi connectivity index (χ2v) is 4.30. The molecule has 1 aromatic heterocycles. The molecule has 0 saturated heterocycles. The Balaban J connectivity index is 2.31. The first-order chi connectivity index (χ1) is 9.63. The molecule has 0 saturated carbocycles. The number of nitrogens with one attached hydrogen (secondary N) is 2. The maximum atomic E-state index is 13.8. The first kappa shape index (κ1) is 14.3. The first-order valence-electron chi connectivity index (χ1n) is 6.01. The Bertz CT molecular complexity index is 609. The lowest BCUT2D eigenvalue weighted by Gasteiger charge is -2.11. The number of anilines is 3. The minimum absolute atomic E-state index is 0.229. The van der Waals surface area contributed by atoms with Crippen molar-refractivity contribution in [2.75, 3.05) is 24.3 Å². The van der Waals surface area contributed by atoms with E-state index < -0.39 is 5.82 Å². The van der Waals surface area contributed by atoms with Crippen molar-refractivity contribution in [1.29, 1.82) is 0 Å². The Labute approximate surface area is 121 Å². The van der Waals surface area contributed by atoms with Crippen LogP contribution in [0.25, 0.3) is 0 Å². The van der Waals surface area contributed by atoms with Crippen molar-refractivity contribution in [3.63, 3.8) is 0 Å². The Hall–Kier alpha value is -2.08. The third kappa shape index (κ3) is 3.27. The average molecular weight is 297 g/mol. The van der Waals surface area contributed by atoms with Crippen LogP contribution in [0.4, 0.5) is 21.8 Å². The van der Waals surface area contributed by atoms with Crippen molar-refractivity contribution in [3.05, 3.63) is 35.2 Å². The maximum Gasteiger partial charge on any atom is 0.224 e. The Morgan fingerprint density at radius 3 is 2.90 bits per heavy atom. The van der Waals surface area contributed by atoms with Crippen LogP contribution < -0.4 is 15.4 Å². The molecule has 0 bridgehead atoms. The van der Waals surface area contributed by atoms with Crippen molar-refractivity contribution in [1.82, 2.24) is 9.97 Å². The highest BCUT2D eigenvalue weighted by Gasteiger charge is 2.09. The number of rotatable bonds is 5. The lowest BCUT2D eigenvalue weighted by Crippen LogP contribution is -2.05. The van der Waals surface area contributed by atoms with Gasteiger partial charge in [-0.2, -0.15) is 4.98 Å². The molecule has 1 aromatic carbocycles. The summed E-state index contributed by atoms with van der Waals surface area (Å²) in [7, 11) is 1.51. The van der Waals surface area contributed by atoms with E-state index in [0.29, 0.717) is 29.1 Å². The zero-order valence-corrected chi connectivity index (χ0v) is 11.8. The van der Waals surface area contributed by atoms with E-state index in [-0.39, 0.29) is 5.69 Å². The van der Waals surface area contributed by atoms with Crippen molar-refractivity contribution in [2.45, 2.75) is 6.92 Å². The van der Waals surface area contributed by atoms with Crippen LogP contribution in [-0.2, 0) is 0 Å². The zero-order chi connectivity index (χ0) is 14.5. The van der Waals surface area contributed by atoms with E-state index in [1.54, 1.807) is 0 Å². The van der Waals surface area contributed by atoms with Gasteiger partial charge >= 0.3 is 0 Å². The number of halogens is 2. The van der Waals surface area contributed by atoms with Gasteiger partial charge in [-0.1, -0.05) is 11.6 Å². The van der Waals surface area contributed by atoms with Gasteiger partial charge in [0, 0.05) is 12.6 Å². The average Bonchev–Trinajstić information content (AvgIpc) is 2.45. The summed E-state index contributed by atoms with van der Waals surface area (Å²) in [6, 6.07) is 4.37. The number of hydrogen-bond acceptors (Lipinski definition) is 5. The fourth-order valence-electron chi connectivity index (χ4n) is 1.55. The number of methoxy groups -OCH3 is 1. The number of aromatic nitrogens is 2. The van der Waals surface area contributed by atoms with Gasteiger partial charge in [-0.15, -0.1) is 0 Å². The molecular weight excluding hydrogens is 283 g/mol. The van der Waals surface area contributed by atoms with Gasteiger partial charge in [0.05, 0.1) is 19.0 Å². The summed E-state index contributed by atoms with van der Waals surface area (Å²) >= 11 is 6.00. The minimum Gasteiger partial charge on any atom is -0.497 e. The van der Waals surface area contributed by atoms with E-state index in [2.05, 4.69) is 20.6 Å². The van der Waals surface area contributed by atoms with Crippen molar-refractivity contribution in [2.24, 2.45) is 0 Å². The van der Waals surface area contributed by atoms with Crippen LogP contribution >= 0.6 is 11.6 Å². The summed E-state index contributed by atoms with van der Waals surface area (Å²) in [6.45, 7) is 2.60. The molecule has 2 aromatic rings. The molecule has 0 aliphatic carbocycles. The molecule has 0 atom stereocenters. The summed E-state index contributed by atoms with van der Waals surface area (Å²) < 4.78 is 18.8. The fourth-order valence-corrected chi connectivity index (χ4v) is 1.69. The molecule has 20 heavy (non-hydrogen) atoms. The van der Waals surface area contributed by atoms with Gasteiger partial charge in [0.15, 0.2) is 5.82 Å². The van der Waals surface area contributed by atoms with E-state index in [4.69, 9.17) is 16.3 Å². The molecule has 0 unspecified atom stereocenters. The van der Waals surface area contributed by atoms with Gasteiger partial charge < -0.3 is 15.4 Å². The second kappa shape index (κ2) is 6.38. The number of ether oxygens (including phenoxy) is 1. The van der Waals surface area contributed by atoms with Crippen molar-refractivity contribution in [3.8, 4) is 5.75 Å². The number of nitrogens with zero attached hydrogens (tertiary/aromatic N) is 2. The molecule has 5 nitrogen and oxygen atoms in total. The highest BCUT2D eigenvalue weighted by molar-refractivity contribution is 6.32. The molecule has 0 radical (unpaired) electrons. The van der Waals surface area contributed by atoms with E-state index >= 15 is 0 Å². The summed E-state index contributed by atoms with van der Waals surface area (Å²) in [5, 5.41) is 6.09. The van der Waals surface area contributed by atoms with Crippen LogP contribution in [0.5, 0.6) is 5.75 Å².